The molecule has 14 heavy (non-hydrogen) atoms. The van der Waals surface area contributed by atoms with E-state index in [4.69, 9.17) is 14.7 Å². The number of nitriles is 1. The second-order valence-electron chi connectivity index (χ2n) is 3.45. The van der Waals surface area contributed by atoms with Crippen LogP contribution in [0, 0.1) is 11.3 Å². The normalized spacial score (nSPS) is 33.4. The molecule has 0 amide bonds. The number of hydrogen-bond donors (Lipinski definition) is 1. The Bertz CT molecular complexity index is 227. The SMILES string of the molecule is N#CCCN1CCNC2OCCOC21. The van der Waals surface area contributed by atoms with E-state index >= 15 is 0 Å². The highest BCUT2D eigenvalue weighted by atomic mass is 16.6. The van der Waals surface area contributed by atoms with Crippen molar-refractivity contribution in [3.8, 4) is 6.07 Å². The largest absolute Gasteiger partial charge is 0.357 e. The van der Waals surface area contributed by atoms with Crippen LogP contribution in [0.3, 0.4) is 0 Å². The van der Waals surface area contributed by atoms with Crippen molar-refractivity contribution in [3.05, 3.63) is 0 Å². The van der Waals surface area contributed by atoms with Crippen LogP contribution in [0.5, 0.6) is 0 Å². The van der Waals surface area contributed by atoms with Crippen LogP contribution >= 0.6 is 0 Å². The fraction of sp³-hybridized carbons (Fsp3) is 0.889. The summed E-state index contributed by atoms with van der Waals surface area (Å²) in [4.78, 5) is 2.17. The van der Waals surface area contributed by atoms with Gasteiger partial charge >= 0.3 is 0 Å². The number of piperazine rings is 1. The van der Waals surface area contributed by atoms with E-state index in [1.54, 1.807) is 0 Å². The smallest absolute Gasteiger partial charge is 0.150 e. The second-order valence-corrected chi connectivity index (χ2v) is 3.45. The molecular weight excluding hydrogens is 182 g/mol. The maximum absolute atomic E-state index is 8.53. The minimum absolute atomic E-state index is 0.00847. The summed E-state index contributed by atoms with van der Waals surface area (Å²) >= 11 is 0. The monoisotopic (exact) mass is 197 g/mol. The first-order valence-electron chi connectivity index (χ1n) is 4.99. The van der Waals surface area contributed by atoms with Crippen LogP contribution in [0.25, 0.3) is 0 Å². The van der Waals surface area contributed by atoms with E-state index in [9.17, 15) is 0 Å². The van der Waals surface area contributed by atoms with Crippen molar-refractivity contribution in [2.75, 3.05) is 32.8 Å². The molecule has 2 atom stereocenters. The van der Waals surface area contributed by atoms with Gasteiger partial charge in [-0.2, -0.15) is 5.26 Å². The maximum Gasteiger partial charge on any atom is 0.150 e. The first-order chi connectivity index (χ1) is 6.92. The molecule has 2 heterocycles. The molecule has 2 saturated heterocycles. The van der Waals surface area contributed by atoms with Gasteiger partial charge in [-0.15, -0.1) is 0 Å². The number of ether oxygens (including phenoxy) is 2. The number of nitrogens with zero attached hydrogens (tertiary/aromatic N) is 2. The Morgan fingerprint density at radius 3 is 3.14 bits per heavy atom. The molecule has 0 radical (unpaired) electrons. The molecule has 0 aromatic heterocycles. The lowest BCUT2D eigenvalue weighted by Gasteiger charge is -2.43. The van der Waals surface area contributed by atoms with E-state index in [1.807, 2.05) is 0 Å². The van der Waals surface area contributed by atoms with E-state index in [2.05, 4.69) is 16.3 Å². The van der Waals surface area contributed by atoms with E-state index < -0.39 is 0 Å². The number of fused-ring (bicyclic) bond motifs is 1. The first kappa shape index (κ1) is 9.87. The summed E-state index contributed by atoms with van der Waals surface area (Å²) in [7, 11) is 0. The molecule has 2 aliphatic rings. The summed E-state index contributed by atoms with van der Waals surface area (Å²) in [5.41, 5.74) is 0. The first-order valence-corrected chi connectivity index (χ1v) is 4.99. The molecule has 2 unspecified atom stereocenters. The third kappa shape index (κ3) is 2.04. The minimum Gasteiger partial charge on any atom is -0.357 e. The minimum atomic E-state index is -0.0174. The molecule has 1 N–H and O–H groups in total. The lowest BCUT2D eigenvalue weighted by molar-refractivity contribution is -0.219. The summed E-state index contributed by atoms with van der Waals surface area (Å²) < 4.78 is 11.2. The summed E-state index contributed by atoms with van der Waals surface area (Å²) in [5, 5.41) is 11.8. The van der Waals surface area contributed by atoms with Crippen molar-refractivity contribution < 1.29 is 9.47 Å². The molecule has 2 aliphatic heterocycles. The molecule has 5 heteroatoms. The van der Waals surface area contributed by atoms with Crippen LogP contribution in [-0.4, -0.2) is 50.2 Å². The zero-order valence-corrected chi connectivity index (χ0v) is 8.11. The van der Waals surface area contributed by atoms with Crippen LogP contribution in [0.15, 0.2) is 0 Å². The third-order valence-electron chi connectivity index (χ3n) is 2.54. The van der Waals surface area contributed by atoms with Gasteiger partial charge in [0.05, 0.1) is 19.3 Å². The molecule has 0 aromatic rings. The van der Waals surface area contributed by atoms with Gasteiger partial charge in [-0.1, -0.05) is 0 Å². The van der Waals surface area contributed by atoms with Crippen molar-refractivity contribution in [2.24, 2.45) is 0 Å². The van der Waals surface area contributed by atoms with Gasteiger partial charge in [0.1, 0.15) is 6.23 Å². The predicted octanol–water partition coefficient (Wildman–Crippen LogP) is -0.496. The van der Waals surface area contributed by atoms with Crippen LogP contribution in [0.4, 0.5) is 0 Å². The second kappa shape index (κ2) is 4.71. The Morgan fingerprint density at radius 2 is 2.29 bits per heavy atom. The fourth-order valence-corrected chi connectivity index (χ4v) is 1.88. The standard InChI is InChI=1S/C9H15N3O2/c10-2-1-4-12-5-3-11-8-9(12)14-7-6-13-8/h8-9,11H,1,3-7H2. The maximum atomic E-state index is 8.53. The topological polar surface area (TPSA) is 57.5 Å². The van der Waals surface area contributed by atoms with Crippen molar-refractivity contribution in [2.45, 2.75) is 18.9 Å². The Kier molecular flexibility index (Phi) is 3.32. The lowest BCUT2D eigenvalue weighted by atomic mass is 10.2. The quantitative estimate of drug-likeness (QED) is 0.647. The van der Waals surface area contributed by atoms with Crippen molar-refractivity contribution in [1.29, 1.82) is 5.26 Å². The predicted molar refractivity (Wildman–Crippen MR) is 49.3 cm³/mol. The van der Waals surface area contributed by atoms with Gasteiger partial charge in [-0.25, -0.2) is 0 Å². The van der Waals surface area contributed by atoms with Gasteiger partial charge in [0.25, 0.3) is 0 Å². The van der Waals surface area contributed by atoms with Gasteiger partial charge < -0.3 is 9.47 Å². The molecule has 78 valence electrons. The average molecular weight is 197 g/mol. The lowest BCUT2D eigenvalue weighted by Crippen LogP contribution is -2.62. The fourth-order valence-electron chi connectivity index (χ4n) is 1.88. The third-order valence-corrected chi connectivity index (χ3v) is 2.54. The Labute approximate surface area is 83.6 Å². The van der Waals surface area contributed by atoms with Crippen LogP contribution in [0.2, 0.25) is 0 Å². The molecule has 0 saturated carbocycles. The summed E-state index contributed by atoms with van der Waals surface area (Å²) in [5.74, 6) is 0. The molecule has 2 rings (SSSR count). The van der Waals surface area contributed by atoms with Crippen LogP contribution < -0.4 is 5.32 Å². The molecule has 0 spiro atoms. The number of hydrogen-bond acceptors (Lipinski definition) is 5. The van der Waals surface area contributed by atoms with Gasteiger partial charge in [-0.3, -0.25) is 10.2 Å². The highest BCUT2D eigenvalue weighted by molar-refractivity contribution is 4.82. The number of nitrogens with one attached hydrogen (secondary N) is 1. The van der Waals surface area contributed by atoms with E-state index in [0.29, 0.717) is 19.6 Å². The Morgan fingerprint density at radius 1 is 1.43 bits per heavy atom. The zero-order valence-electron chi connectivity index (χ0n) is 8.11. The van der Waals surface area contributed by atoms with E-state index in [0.717, 1.165) is 19.6 Å². The highest BCUT2D eigenvalue weighted by Crippen LogP contribution is 2.16. The van der Waals surface area contributed by atoms with Gasteiger partial charge in [-0.05, 0) is 0 Å². The van der Waals surface area contributed by atoms with Crippen LogP contribution in [0.1, 0.15) is 6.42 Å². The molecule has 0 aliphatic carbocycles. The van der Waals surface area contributed by atoms with Crippen molar-refractivity contribution in [3.63, 3.8) is 0 Å². The van der Waals surface area contributed by atoms with Gasteiger partial charge in [0.2, 0.25) is 0 Å². The zero-order chi connectivity index (χ0) is 9.80. The summed E-state index contributed by atoms with van der Waals surface area (Å²) in [6.45, 7) is 3.89. The molecule has 0 aromatic carbocycles. The Balaban J connectivity index is 1.91. The van der Waals surface area contributed by atoms with E-state index in [-0.39, 0.29) is 12.5 Å². The molecule has 0 bridgehead atoms. The van der Waals surface area contributed by atoms with Crippen LogP contribution in [-0.2, 0) is 9.47 Å². The van der Waals surface area contributed by atoms with Crippen molar-refractivity contribution in [1.82, 2.24) is 10.2 Å². The van der Waals surface area contributed by atoms with E-state index in [1.165, 1.54) is 0 Å². The average Bonchev–Trinajstić information content (AvgIpc) is 2.26. The number of rotatable bonds is 2. The highest BCUT2D eigenvalue weighted by Gasteiger charge is 2.34. The summed E-state index contributed by atoms with van der Waals surface area (Å²) in [6, 6.07) is 2.15. The van der Waals surface area contributed by atoms with Gasteiger partial charge in [0, 0.05) is 26.1 Å². The Hall–Kier alpha value is -0.670. The summed E-state index contributed by atoms with van der Waals surface area (Å²) in [6.07, 6.45) is 0.522. The molecule has 5 nitrogen and oxygen atoms in total. The van der Waals surface area contributed by atoms with Gasteiger partial charge in [0.15, 0.2) is 6.23 Å². The molecule has 2 fully saturated rings. The van der Waals surface area contributed by atoms with Crippen molar-refractivity contribution >= 4 is 0 Å². The molecular formula is C9H15N3O2.